The van der Waals surface area contributed by atoms with Crippen LogP contribution in [-0.4, -0.2) is 42.4 Å². The van der Waals surface area contributed by atoms with E-state index in [1.54, 1.807) is 0 Å². The Balaban J connectivity index is 1.46. The van der Waals surface area contributed by atoms with Gasteiger partial charge in [-0.2, -0.15) is 0 Å². The van der Waals surface area contributed by atoms with Gasteiger partial charge in [0.1, 0.15) is 18.5 Å². The van der Waals surface area contributed by atoms with E-state index < -0.39 is 6.10 Å². The number of aliphatic hydroxyl groups is 1. The second kappa shape index (κ2) is 8.13. The summed E-state index contributed by atoms with van der Waals surface area (Å²) in [6, 6.07) is 18.4. The number of nitrogens with zero attached hydrogens (tertiary/aromatic N) is 1. The van der Waals surface area contributed by atoms with Crippen molar-refractivity contribution in [3.05, 3.63) is 71.8 Å². The van der Waals surface area contributed by atoms with Crippen molar-refractivity contribution in [1.29, 1.82) is 0 Å². The molecule has 1 aliphatic heterocycles. The highest BCUT2D eigenvalue weighted by molar-refractivity contribution is 5.66. The van der Waals surface area contributed by atoms with Gasteiger partial charge in [-0.25, -0.2) is 0 Å². The highest BCUT2D eigenvalue weighted by Crippen LogP contribution is 2.22. The molecule has 1 aliphatic rings. The highest BCUT2D eigenvalue weighted by atomic mass is 16.5. The van der Waals surface area contributed by atoms with Crippen molar-refractivity contribution in [3.63, 3.8) is 0 Å². The summed E-state index contributed by atoms with van der Waals surface area (Å²) in [6.07, 6.45) is 2.82. The van der Waals surface area contributed by atoms with Crippen LogP contribution >= 0.6 is 0 Å². The summed E-state index contributed by atoms with van der Waals surface area (Å²) in [5, 5.41) is 10.2. The van der Waals surface area contributed by atoms with Gasteiger partial charge in [-0.3, -0.25) is 4.90 Å². The minimum atomic E-state index is -0.475. The second-order valence-corrected chi connectivity index (χ2v) is 6.39. The molecular weight excluding hydrogens is 298 g/mol. The summed E-state index contributed by atoms with van der Waals surface area (Å²) in [7, 11) is 0. The fourth-order valence-electron chi connectivity index (χ4n) is 3.04. The van der Waals surface area contributed by atoms with Gasteiger partial charge in [0.2, 0.25) is 0 Å². The average Bonchev–Trinajstić information content (AvgIpc) is 2.61. The number of hydrogen-bond donors (Lipinski definition) is 1. The molecule has 126 valence electrons. The van der Waals surface area contributed by atoms with Crippen molar-refractivity contribution in [3.8, 4) is 5.75 Å². The zero-order valence-corrected chi connectivity index (χ0v) is 14.2. The van der Waals surface area contributed by atoms with Crippen LogP contribution in [-0.2, 0) is 0 Å². The van der Waals surface area contributed by atoms with Gasteiger partial charge in [-0.05, 0) is 42.2 Å². The minimum absolute atomic E-state index is 0.329. The Morgan fingerprint density at radius 3 is 2.67 bits per heavy atom. The lowest BCUT2D eigenvalue weighted by Gasteiger charge is -2.28. The first-order valence-electron chi connectivity index (χ1n) is 8.55. The molecule has 1 unspecified atom stereocenters. The molecule has 3 heteroatoms. The number of aliphatic hydroxyl groups excluding tert-OH is 1. The van der Waals surface area contributed by atoms with Crippen LogP contribution in [0.2, 0.25) is 0 Å². The number of hydrogen-bond acceptors (Lipinski definition) is 3. The van der Waals surface area contributed by atoms with Gasteiger partial charge < -0.3 is 9.84 Å². The van der Waals surface area contributed by atoms with Gasteiger partial charge in [0.25, 0.3) is 0 Å². The Morgan fingerprint density at radius 1 is 1.12 bits per heavy atom. The SMILES string of the molecule is Cc1cccc(OCC(O)CN2CC=C(c3ccccc3)CC2)c1. The Morgan fingerprint density at radius 2 is 1.96 bits per heavy atom. The molecule has 3 nitrogen and oxygen atoms in total. The largest absolute Gasteiger partial charge is 0.491 e. The zero-order chi connectivity index (χ0) is 16.8. The van der Waals surface area contributed by atoms with E-state index >= 15 is 0 Å². The van der Waals surface area contributed by atoms with E-state index in [0.29, 0.717) is 13.2 Å². The lowest BCUT2D eigenvalue weighted by Crippen LogP contribution is -2.38. The third-order valence-corrected chi connectivity index (χ3v) is 4.34. The van der Waals surface area contributed by atoms with E-state index in [1.165, 1.54) is 11.1 Å². The van der Waals surface area contributed by atoms with Gasteiger partial charge in [0.15, 0.2) is 0 Å². The maximum Gasteiger partial charge on any atom is 0.119 e. The van der Waals surface area contributed by atoms with Crippen molar-refractivity contribution in [2.75, 3.05) is 26.2 Å². The lowest BCUT2D eigenvalue weighted by atomic mass is 9.99. The van der Waals surface area contributed by atoms with E-state index in [4.69, 9.17) is 4.74 Å². The van der Waals surface area contributed by atoms with Gasteiger partial charge in [-0.1, -0.05) is 48.5 Å². The van der Waals surface area contributed by atoms with Gasteiger partial charge in [0.05, 0.1) is 0 Å². The molecule has 0 aromatic heterocycles. The third-order valence-electron chi connectivity index (χ3n) is 4.34. The summed E-state index contributed by atoms with van der Waals surface area (Å²) in [4.78, 5) is 2.27. The molecular formula is C21H25NO2. The maximum atomic E-state index is 10.2. The van der Waals surface area contributed by atoms with E-state index in [0.717, 1.165) is 30.8 Å². The topological polar surface area (TPSA) is 32.7 Å². The van der Waals surface area contributed by atoms with Crippen molar-refractivity contribution in [2.24, 2.45) is 0 Å². The van der Waals surface area contributed by atoms with Crippen LogP contribution in [0.4, 0.5) is 0 Å². The standard InChI is InChI=1S/C21H25NO2/c1-17-6-5-9-21(14-17)24-16-20(23)15-22-12-10-19(11-13-22)18-7-3-2-4-8-18/h2-10,14,20,23H,11-13,15-16H2,1H3. The van der Waals surface area contributed by atoms with Crippen LogP contribution in [0.1, 0.15) is 17.5 Å². The molecule has 2 aromatic carbocycles. The predicted molar refractivity (Wildman–Crippen MR) is 98.2 cm³/mol. The summed E-state index contributed by atoms with van der Waals surface area (Å²) in [5.41, 5.74) is 3.87. The van der Waals surface area contributed by atoms with Crippen molar-refractivity contribution in [2.45, 2.75) is 19.4 Å². The van der Waals surface area contributed by atoms with Crippen molar-refractivity contribution in [1.82, 2.24) is 4.90 Å². The summed E-state index contributed by atoms with van der Waals surface area (Å²) < 4.78 is 5.69. The molecule has 0 spiro atoms. The molecule has 1 heterocycles. The summed E-state index contributed by atoms with van der Waals surface area (Å²) in [5.74, 6) is 0.818. The van der Waals surface area contributed by atoms with E-state index in [9.17, 15) is 5.11 Å². The summed E-state index contributed by atoms with van der Waals surface area (Å²) in [6.45, 7) is 4.86. The van der Waals surface area contributed by atoms with Gasteiger partial charge in [0, 0.05) is 19.6 Å². The first-order valence-corrected chi connectivity index (χ1v) is 8.55. The third kappa shape index (κ3) is 4.70. The van der Waals surface area contributed by atoms with Crippen LogP contribution in [0, 0.1) is 6.92 Å². The summed E-state index contributed by atoms with van der Waals surface area (Å²) >= 11 is 0. The Labute approximate surface area is 144 Å². The molecule has 3 rings (SSSR count). The molecule has 0 saturated carbocycles. The monoisotopic (exact) mass is 323 g/mol. The molecule has 24 heavy (non-hydrogen) atoms. The molecule has 0 radical (unpaired) electrons. The fraction of sp³-hybridized carbons (Fsp3) is 0.333. The number of rotatable bonds is 6. The van der Waals surface area contributed by atoms with Gasteiger partial charge >= 0.3 is 0 Å². The van der Waals surface area contributed by atoms with Crippen molar-refractivity contribution >= 4 is 5.57 Å². The second-order valence-electron chi connectivity index (χ2n) is 6.39. The zero-order valence-electron chi connectivity index (χ0n) is 14.2. The minimum Gasteiger partial charge on any atom is -0.491 e. The normalized spacial score (nSPS) is 16.5. The Hall–Kier alpha value is -2.10. The Kier molecular flexibility index (Phi) is 5.68. The highest BCUT2D eigenvalue weighted by Gasteiger charge is 2.16. The van der Waals surface area contributed by atoms with E-state index in [2.05, 4.69) is 35.2 Å². The average molecular weight is 323 g/mol. The number of aryl methyl sites for hydroxylation is 1. The molecule has 0 bridgehead atoms. The first kappa shape index (κ1) is 16.7. The van der Waals surface area contributed by atoms with Crippen LogP contribution in [0.15, 0.2) is 60.7 Å². The molecule has 0 aliphatic carbocycles. The Bertz CT molecular complexity index is 681. The van der Waals surface area contributed by atoms with Crippen LogP contribution in [0.5, 0.6) is 5.75 Å². The molecule has 1 N–H and O–H groups in total. The molecule has 0 saturated heterocycles. The van der Waals surface area contributed by atoms with Crippen LogP contribution in [0.3, 0.4) is 0 Å². The molecule has 2 aromatic rings. The first-order chi connectivity index (χ1) is 11.7. The van der Waals surface area contributed by atoms with Gasteiger partial charge in [-0.15, -0.1) is 0 Å². The number of β-amino-alcohol motifs (C(OH)–C–C–N with tert-alkyl or cyclic N) is 1. The molecule has 1 atom stereocenters. The predicted octanol–water partition coefficient (Wildman–Crippen LogP) is 3.52. The van der Waals surface area contributed by atoms with Crippen molar-refractivity contribution < 1.29 is 9.84 Å². The molecule has 0 fully saturated rings. The number of ether oxygens (including phenoxy) is 1. The maximum absolute atomic E-state index is 10.2. The fourth-order valence-corrected chi connectivity index (χ4v) is 3.04. The number of benzene rings is 2. The quantitative estimate of drug-likeness (QED) is 0.883. The van der Waals surface area contributed by atoms with E-state index in [-0.39, 0.29) is 0 Å². The smallest absolute Gasteiger partial charge is 0.119 e. The van der Waals surface area contributed by atoms with E-state index in [1.807, 2.05) is 37.3 Å². The van der Waals surface area contributed by atoms with Crippen LogP contribution < -0.4 is 4.74 Å². The molecule has 0 amide bonds. The lowest BCUT2D eigenvalue weighted by molar-refractivity contribution is 0.0716. The van der Waals surface area contributed by atoms with Crippen LogP contribution in [0.25, 0.3) is 5.57 Å².